The number of hydrogen-bond acceptors (Lipinski definition) is 6. The second kappa shape index (κ2) is 7.64. The minimum atomic E-state index is -0.819. The van der Waals surface area contributed by atoms with Gasteiger partial charge in [0.25, 0.3) is 5.91 Å². The molecular formula is C15H13FN2O5S. The van der Waals surface area contributed by atoms with E-state index < -0.39 is 29.2 Å². The van der Waals surface area contributed by atoms with Crippen LogP contribution in [-0.4, -0.2) is 35.4 Å². The summed E-state index contributed by atoms with van der Waals surface area (Å²) >= 11 is 0.666. The van der Waals surface area contributed by atoms with Gasteiger partial charge in [-0.3, -0.25) is 14.9 Å². The van der Waals surface area contributed by atoms with E-state index in [0.717, 1.165) is 0 Å². The number of halogens is 1. The van der Waals surface area contributed by atoms with Crippen molar-refractivity contribution in [3.05, 3.63) is 62.8 Å². The molecule has 1 heterocycles. The van der Waals surface area contributed by atoms with Gasteiger partial charge in [0.1, 0.15) is 10.7 Å². The van der Waals surface area contributed by atoms with Crippen LogP contribution >= 0.6 is 11.3 Å². The van der Waals surface area contributed by atoms with Crippen molar-refractivity contribution in [2.45, 2.75) is 6.54 Å². The summed E-state index contributed by atoms with van der Waals surface area (Å²) in [6, 6.07) is 8.49. The number of carbonyl (C=O) groups is 2. The Morgan fingerprint density at radius 2 is 2.00 bits per heavy atom. The molecule has 126 valence electrons. The molecule has 0 bridgehead atoms. The first kappa shape index (κ1) is 17.5. The van der Waals surface area contributed by atoms with Gasteiger partial charge in [0, 0.05) is 25.2 Å². The van der Waals surface area contributed by atoms with Crippen LogP contribution in [0.5, 0.6) is 0 Å². The number of thiophene rings is 1. The lowest BCUT2D eigenvalue weighted by atomic mass is 10.2. The Morgan fingerprint density at radius 1 is 1.29 bits per heavy atom. The maximum Gasteiger partial charge on any atom is 0.349 e. The number of nitro groups is 1. The lowest BCUT2D eigenvalue weighted by Gasteiger charge is -2.17. The molecule has 0 aliphatic heterocycles. The zero-order valence-corrected chi connectivity index (χ0v) is 13.4. The number of esters is 1. The first-order valence-corrected chi connectivity index (χ1v) is 7.59. The maximum absolute atomic E-state index is 13.5. The molecule has 1 amide bonds. The third-order valence-corrected chi connectivity index (χ3v) is 4.11. The highest BCUT2D eigenvalue weighted by molar-refractivity contribution is 7.17. The first-order valence-electron chi connectivity index (χ1n) is 6.77. The number of nitrogens with zero attached hydrogens (tertiary/aromatic N) is 2. The average Bonchev–Trinajstić information content (AvgIpc) is 3.04. The van der Waals surface area contributed by atoms with Gasteiger partial charge in [0.05, 0.1) is 4.92 Å². The van der Waals surface area contributed by atoms with Crippen molar-refractivity contribution in [2.75, 3.05) is 13.7 Å². The minimum Gasteiger partial charge on any atom is -0.451 e. The number of rotatable bonds is 6. The van der Waals surface area contributed by atoms with Crippen LogP contribution in [0, 0.1) is 15.9 Å². The Hall–Kier alpha value is -2.81. The highest BCUT2D eigenvalue weighted by atomic mass is 32.1. The molecule has 7 nitrogen and oxygen atoms in total. The lowest BCUT2D eigenvalue weighted by Crippen LogP contribution is -2.31. The third kappa shape index (κ3) is 4.35. The quantitative estimate of drug-likeness (QED) is 0.453. The van der Waals surface area contributed by atoms with E-state index in [1.54, 1.807) is 18.2 Å². The van der Waals surface area contributed by atoms with Gasteiger partial charge in [0.15, 0.2) is 6.61 Å². The summed E-state index contributed by atoms with van der Waals surface area (Å²) in [7, 11) is 1.46. The van der Waals surface area contributed by atoms with Gasteiger partial charge in [-0.2, -0.15) is 0 Å². The number of hydrogen-bond donors (Lipinski definition) is 0. The van der Waals surface area contributed by atoms with E-state index in [-0.39, 0.29) is 16.4 Å². The summed E-state index contributed by atoms with van der Waals surface area (Å²) in [6.07, 6.45) is 0. The van der Waals surface area contributed by atoms with Gasteiger partial charge in [-0.25, -0.2) is 9.18 Å². The molecule has 0 unspecified atom stereocenters. The molecule has 1 aromatic carbocycles. The fourth-order valence-corrected chi connectivity index (χ4v) is 2.53. The summed E-state index contributed by atoms with van der Waals surface area (Å²) in [4.78, 5) is 34.9. The van der Waals surface area contributed by atoms with E-state index in [1.165, 1.54) is 30.1 Å². The molecule has 0 aliphatic rings. The van der Waals surface area contributed by atoms with Gasteiger partial charge in [-0.05, 0) is 12.1 Å². The van der Waals surface area contributed by atoms with Crippen LogP contribution in [0.4, 0.5) is 9.39 Å². The Morgan fingerprint density at radius 3 is 2.62 bits per heavy atom. The summed E-state index contributed by atoms with van der Waals surface area (Å²) in [5, 5.41) is 10.4. The van der Waals surface area contributed by atoms with Crippen LogP contribution in [0.15, 0.2) is 36.4 Å². The molecule has 2 rings (SSSR count). The van der Waals surface area contributed by atoms with Gasteiger partial charge in [-0.1, -0.05) is 29.5 Å². The lowest BCUT2D eigenvalue weighted by molar-refractivity contribution is -0.380. The number of amides is 1. The standard InChI is InChI=1S/C15H13FN2O5S/c1-17(8-10-4-2-3-5-11(10)16)13(19)9-23-15(20)12-6-7-14(24-12)18(21)22/h2-7H,8-9H2,1H3. The van der Waals surface area contributed by atoms with Crippen LogP contribution in [0.3, 0.4) is 0 Å². The van der Waals surface area contributed by atoms with Gasteiger partial charge < -0.3 is 9.64 Å². The van der Waals surface area contributed by atoms with Gasteiger partial charge in [0.2, 0.25) is 0 Å². The zero-order valence-electron chi connectivity index (χ0n) is 12.6. The highest BCUT2D eigenvalue weighted by Gasteiger charge is 2.19. The van der Waals surface area contributed by atoms with Crippen LogP contribution in [0.2, 0.25) is 0 Å². The number of carbonyl (C=O) groups excluding carboxylic acids is 2. The second-order valence-electron chi connectivity index (χ2n) is 4.81. The van der Waals surface area contributed by atoms with Crippen molar-refractivity contribution in [2.24, 2.45) is 0 Å². The second-order valence-corrected chi connectivity index (χ2v) is 5.87. The van der Waals surface area contributed by atoms with E-state index in [2.05, 4.69) is 0 Å². The molecule has 24 heavy (non-hydrogen) atoms. The molecule has 0 spiro atoms. The van der Waals surface area contributed by atoms with E-state index in [0.29, 0.717) is 16.9 Å². The van der Waals surface area contributed by atoms with E-state index in [4.69, 9.17) is 4.74 Å². The van der Waals surface area contributed by atoms with E-state index in [9.17, 15) is 24.1 Å². The van der Waals surface area contributed by atoms with Crippen LogP contribution in [-0.2, 0) is 16.1 Å². The summed E-state index contributed by atoms with van der Waals surface area (Å²) in [6.45, 7) is -0.497. The van der Waals surface area contributed by atoms with Crippen molar-refractivity contribution in [3.8, 4) is 0 Å². The average molecular weight is 352 g/mol. The first-order chi connectivity index (χ1) is 11.4. The SMILES string of the molecule is CN(Cc1ccccc1F)C(=O)COC(=O)c1ccc([N+](=O)[O-])s1. The molecule has 9 heteroatoms. The Labute approximate surface area is 140 Å². The fourth-order valence-electron chi connectivity index (χ4n) is 1.81. The Balaban J connectivity index is 1.88. The normalized spacial score (nSPS) is 10.2. The van der Waals surface area contributed by atoms with Crippen molar-refractivity contribution in [3.63, 3.8) is 0 Å². The van der Waals surface area contributed by atoms with Crippen molar-refractivity contribution < 1.29 is 23.6 Å². The Kier molecular flexibility index (Phi) is 5.59. The molecule has 0 saturated heterocycles. The molecule has 0 atom stereocenters. The molecule has 0 aliphatic carbocycles. The van der Waals surface area contributed by atoms with Crippen LogP contribution in [0.1, 0.15) is 15.2 Å². The zero-order chi connectivity index (χ0) is 17.7. The number of benzene rings is 1. The molecular weight excluding hydrogens is 339 g/mol. The molecule has 0 saturated carbocycles. The fraction of sp³-hybridized carbons (Fsp3) is 0.200. The van der Waals surface area contributed by atoms with Crippen molar-refractivity contribution in [1.82, 2.24) is 4.90 Å². The van der Waals surface area contributed by atoms with Crippen LogP contribution < -0.4 is 0 Å². The van der Waals surface area contributed by atoms with Crippen LogP contribution in [0.25, 0.3) is 0 Å². The smallest absolute Gasteiger partial charge is 0.349 e. The van der Waals surface area contributed by atoms with Gasteiger partial charge >= 0.3 is 11.0 Å². The van der Waals surface area contributed by atoms with Crippen molar-refractivity contribution >= 4 is 28.2 Å². The molecule has 0 fully saturated rings. The monoisotopic (exact) mass is 352 g/mol. The van der Waals surface area contributed by atoms with Gasteiger partial charge in [-0.15, -0.1) is 0 Å². The predicted octanol–water partition coefficient (Wildman–Crippen LogP) is 2.61. The third-order valence-electron chi connectivity index (χ3n) is 3.09. The summed E-state index contributed by atoms with van der Waals surface area (Å²) < 4.78 is 18.4. The van der Waals surface area contributed by atoms with E-state index >= 15 is 0 Å². The highest BCUT2D eigenvalue weighted by Crippen LogP contribution is 2.24. The predicted molar refractivity (Wildman–Crippen MR) is 84.1 cm³/mol. The largest absolute Gasteiger partial charge is 0.451 e. The number of ether oxygens (including phenoxy) is 1. The minimum absolute atomic E-state index is 0.0336. The molecule has 1 aromatic heterocycles. The molecule has 0 N–H and O–H groups in total. The van der Waals surface area contributed by atoms with Crippen molar-refractivity contribution in [1.29, 1.82) is 0 Å². The summed E-state index contributed by atoms with van der Waals surface area (Å²) in [5.74, 6) is -1.77. The molecule has 0 radical (unpaired) electrons. The number of likely N-dealkylation sites (N-methyl/N-ethyl adjacent to an activating group) is 1. The summed E-state index contributed by atoms with van der Waals surface area (Å²) in [5.41, 5.74) is 0.341. The topological polar surface area (TPSA) is 89.8 Å². The maximum atomic E-state index is 13.5. The van der Waals surface area contributed by atoms with E-state index in [1.807, 2.05) is 0 Å². The Bertz CT molecular complexity index is 777. The molecule has 2 aromatic rings.